The summed E-state index contributed by atoms with van der Waals surface area (Å²) in [7, 11) is 0. The number of aliphatic imine (C=N–C) groups is 2. The first-order valence-electron chi connectivity index (χ1n) is 10.9. The molecule has 1 aliphatic heterocycles. The van der Waals surface area contributed by atoms with Crippen LogP contribution in [0.2, 0.25) is 0 Å². The predicted octanol–water partition coefficient (Wildman–Crippen LogP) is 5.68. The van der Waals surface area contributed by atoms with Crippen molar-refractivity contribution in [3.05, 3.63) is 60.9 Å². The van der Waals surface area contributed by atoms with E-state index in [0.29, 0.717) is 12.5 Å². The number of nitrogens with one attached hydrogen (secondary N) is 1. The van der Waals surface area contributed by atoms with Crippen LogP contribution in [0.25, 0.3) is 11.1 Å². The van der Waals surface area contributed by atoms with E-state index in [2.05, 4.69) is 20.2 Å². The van der Waals surface area contributed by atoms with Crippen molar-refractivity contribution in [3.8, 4) is 28.4 Å². The van der Waals surface area contributed by atoms with E-state index in [0.717, 1.165) is 41.2 Å². The van der Waals surface area contributed by atoms with Crippen LogP contribution in [0, 0.1) is 5.92 Å². The normalized spacial score (nSPS) is 21.2. The Bertz CT molecular complexity index is 1040. The van der Waals surface area contributed by atoms with Gasteiger partial charge >= 0.3 is 0 Å². The van der Waals surface area contributed by atoms with Gasteiger partial charge in [0.05, 0.1) is 19.0 Å². The molecule has 3 aromatic rings. The molecule has 0 amide bonds. The molecule has 1 saturated carbocycles. The van der Waals surface area contributed by atoms with Crippen molar-refractivity contribution in [2.75, 3.05) is 6.54 Å². The lowest BCUT2D eigenvalue weighted by Gasteiger charge is -2.39. The third-order valence-electron chi connectivity index (χ3n) is 6.13. The minimum Gasteiger partial charge on any atom is -0.479 e. The van der Waals surface area contributed by atoms with E-state index < -0.39 is 5.60 Å². The molecule has 6 heteroatoms. The molecule has 6 nitrogen and oxygen atoms in total. The van der Waals surface area contributed by atoms with E-state index in [1.165, 1.54) is 19.3 Å². The smallest absolute Gasteiger partial charge is 0.166 e. The van der Waals surface area contributed by atoms with Gasteiger partial charge in [0.2, 0.25) is 0 Å². The standard InChI is InChI=1S/C25H26N4O2/c1-2-4-21(5-3-1)25(16-26-18-27-17-25)31-24-12-10-23(11-13-24)30-22-8-6-19(7-9-22)20-14-28-29-15-20/h6-16,18,21H,1-5,17H2,(H,28,29). The average Bonchev–Trinajstić information content (AvgIpc) is 3.37. The molecular formula is C25H26N4O2. The van der Waals surface area contributed by atoms with Crippen LogP contribution in [0.3, 0.4) is 0 Å². The first kappa shape index (κ1) is 19.5. The van der Waals surface area contributed by atoms with Crippen LogP contribution < -0.4 is 9.47 Å². The molecule has 0 radical (unpaired) electrons. The third-order valence-corrected chi connectivity index (χ3v) is 6.13. The summed E-state index contributed by atoms with van der Waals surface area (Å²) in [5.41, 5.74) is 1.70. The van der Waals surface area contributed by atoms with E-state index in [1.54, 1.807) is 12.5 Å². The number of rotatable bonds is 6. The molecule has 1 atom stereocenters. The topological polar surface area (TPSA) is 71.9 Å². The highest BCUT2D eigenvalue weighted by Crippen LogP contribution is 2.37. The van der Waals surface area contributed by atoms with Crippen molar-refractivity contribution < 1.29 is 9.47 Å². The summed E-state index contributed by atoms with van der Waals surface area (Å²) in [6, 6.07) is 15.8. The Kier molecular flexibility index (Phi) is 5.52. The predicted molar refractivity (Wildman–Crippen MR) is 122 cm³/mol. The molecule has 31 heavy (non-hydrogen) atoms. The van der Waals surface area contributed by atoms with Crippen molar-refractivity contribution in [2.24, 2.45) is 15.9 Å². The second-order valence-electron chi connectivity index (χ2n) is 8.21. The van der Waals surface area contributed by atoms with Gasteiger partial charge in [-0.1, -0.05) is 31.4 Å². The summed E-state index contributed by atoms with van der Waals surface area (Å²) < 4.78 is 12.5. The number of hydrogen-bond acceptors (Lipinski definition) is 5. The average molecular weight is 415 g/mol. The van der Waals surface area contributed by atoms with E-state index in [9.17, 15) is 0 Å². The highest BCUT2D eigenvalue weighted by Gasteiger charge is 2.41. The number of ether oxygens (including phenoxy) is 2. The van der Waals surface area contributed by atoms with Crippen molar-refractivity contribution in [2.45, 2.75) is 37.7 Å². The molecule has 1 N–H and O–H groups in total. The van der Waals surface area contributed by atoms with Crippen molar-refractivity contribution in [1.82, 2.24) is 10.2 Å². The Balaban J connectivity index is 1.27. The molecule has 0 spiro atoms. The third kappa shape index (κ3) is 4.38. The summed E-state index contributed by atoms with van der Waals surface area (Å²) in [5, 5.41) is 6.82. The van der Waals surface area contributed by atoms with Gasteiger partial charge in [-0.15, -0.1) is 0 Å². The minimum atomic E-state index is -0.444. The quantitative estimate of drug-likeness (QED) is 0.564. The summed E-state index contributed by atoms with van der Waals surface area (Å²) in [5.74, 6) is 2.82. The summed E-state index contributed by atoms with van der Waals surface area (Å²) in [6.45, 7) is 0.627. The lowest BCUT2D eigenvalue weighted by atomic mass is 9.77. The van der Waals surface area contributed by atoms with Gasteiger partial charge in [0.15, 0.2) is 5.60 Å². The molecule has 2 aliphatic rings. The molecule has 158 valence electrons. The Morgan fingerprint density at radius 3 is 2.19 bits per heavy atom. The highest BCUT2D eigenvalue weighted by atomic mass is 16.5. The van der Waals surface area contributed by atoms with Crippen LogP contribution in [0.4, 0.5) is 0 Å². The second-order valence-corrected chi connectivity index (χ2v) is 8.21. The first-order chi connectivity index (χ1) is 15.3. The largest absolute Gasteiger partial charge is 0.479 e. The molecule has 2 aromatic carbocycles. The SMILES string of the molecule is C1=NC=NCC1(Oc1ccc(Oc2ccc(-c3cn[nH]c3)cc2)cc1)C1CCCCC1. The van der Waals surface area contributed by atoms with E-state index in [4.69, 9.17) is 9.47 Å². The maximum Gasteiger partial charge on any atom is 0.166 e. The second kappa shape index (κ2) is 8.76. The molecule has 0 bridgehead atoms. The summed E-state index contributed by atoms with van der Waals surface area (Å²) in [6.07, 6.45) is 13.4. The minimum absolute atomic E-state index is 0.444. The van der Waals surface area contributed by atoms with Gasteiger partial charge in [0.25, 0.3) is 0 Å². The lowest BCUT2D eigenvalue weighted by molar-refractivity contribution is 0.0648. The van der Waals surface area contributed by atoms with Crippen molar-refractivity contribution >= 4 is 12.6 Å². The number of benzene rings is 2. The monoisotopic (exact) mass is 414 g/mol. The highest BCUT2D eigenvalue weighted by molar-refractivity contribution is 5.82. The summed E-state index contributed by atoms with van der Waals surface area (Å²) in [4.78, 5) is 8.75. The van der Waals surface area contributed by atoms with Crippen molar-refractivity contribution in [3.63, 3.8) is 0 Å². The number of H-pyrrole nitrogens is 1. The van der Waals surface area contributed by atoms with Crippen LogP contribution >= 0.6 is 0 Å². The van der Waals surface area contributed by atoms with Crippen molar-refractivity contribution in [1.29, 1.82) is 0 Å². The maximum absolute atomic E-state index is 6.52. The first-order valence-corrected chi connectivity index (χ1v) is 10.9. The van der Waals surface area contributed by atoms with Crippen LogP contribution in [0.5, 0.6) is 17.2 Å². The van der Waals surface area contributed by atoms with Crippen LogP contribution in [0.15, 0.2) is 70.9 Å². The number of nitrogens with zero attached hydrogens (tertiary/aromatic N) is 3. The van der Waals surface area contributed by atoms with Gasteiger partial charge in [-0.2, -0.15) is 5.10 Å². The zero-order valence-corrected chi connectivity index (χ0v) is 17.4. The van der Waals surface area contributed by atoms with Gasteiger partial charge in [-0.05, 0) is 54.8 Å². The number of aromatic amines is 1. The maximum atomic E-state index is 6.52. The van der Waals surface area contributed by atoms with Crippen LogP contribution in [-0.4, -0.2) is 34.9 Å². The number of hydrogen-bond donors (Lipinski definition) is 1. The Labute approximate surface area is 182 Å². The molecule has 1 aliphatic carbocycles. The Hall–Kier alpha value is -3.41. The van der Waals surface area contributed by atoms with Crippen LogP contribution in [0.1, 0.15) is 32.1 Å². The van der Waals surface area contributed by atoms with Gasteiger partial charge in [0, 0.05) is 17.7 Å². The van der Waals surface area contributed by atoms with E-state index in [1.807, 2.05) is 60.9 Å². The molecule has 2 heterocycles. The molecule has 5 rings (SSSR count). The molecule has 1 fully saturated rings. The molecule has 1 aromatic heterocycles. The van der Waals surface area contributed by atoms with Gasteiger partial charge in [-0.3, -0.25) is 10.1 Å². The molecule has 1 unspecified atom stereocenters. The van der Waals surface area contributed by atoms with Gasteiger partial charge < -0.3 is 9.47 Å². The zero-order chi connectivity index (χ0) is 20.9. The van der Waals surface area contributed by atoms with E-state index >= 15 is 0 Å². The Morgan fingerprint density at radius 1 is 0.839 bits per heavy atom. The van der Waals surface area contributed by atoms with E-state index in [-0.39, 0.29) is 0 Å². The molecular weight excluding hydrogens is 388 g/mol. The van der Waals surface area contributed by atoms with Gasteiger partial charge in [-0.25, -0.2) is 4.99 Å². The fraction of sp³-hybridized carbons (Fsp3) is 0.320. The fourth-order valence-electron chi connectivity index (χ4n) is 4.45. The van der Waals surface area contributed by atoms with Crippen LogP contribution in [-0.2, 0) is 0 Å². The van der Waals surface area contributed by atoms with Gasteiger partial charge in [0.1, 0.15) is 23.6 Å². The summed E-state index contributed by atoms with van der Waals surface area (Å²) >= 11 is 0. The lowest BCUT2D eigenvalue weighted by Crippen LogP contribution is -2.50. The number of aromatic nitrogens is 2. The Morgan fingerprint density at radius 2 is 1.55 bits per heavy atom. The zero-order valence-electron chi connectivity index (χ0n) is 17.4. The molecule has 0 saturated heterocycles. The fourth-order valence-corrected chi connectivity index (χ4v) is 4.45.